The third kappa shape index (κ3) is 3.93. The molecule has 0 atom stereocenters. The number of hydrogen-bond acceptors (Lipinski definition) is 6. The molecule has 0 aliphatic rings. The second kappa shape index (κ2) is 7.12. The van der Waals surface area contributed by atoms with Crippen LogP contribution in [0.5, 0.6) is 0 Å². The molecule has 4 heterocycles. The first-order chi connectivity index (χ1) is 13.7. The number of fused-ring (bicyclic) bond motifs is 1. The summed E-state index contributed by atoms with van der Waals surface area (Å²) in [6.45, 7) is -1.45. The van der Waals surface area contributed by atoms with Crippen LogP contribution in [0, 0.1) is 0 Å². The van der Waals surface area contributed by atoms with E-state index in [4.69, 9.17) is 11.6 Å². The largest absolute Gasteiger partial charge is 0.405 e. The molecule has 4 rings (SSSR count). The number of carbonyl (C=O) groups is 1. The maximum absolute atomic E-state index is 12.3. The van der Waals surface area contributed by atoms with Crippen molar-refractivity contribution in [3.8, 4) is 22.4 Å². The third-order valence-corrected chi connectivity index (χ3v) is 5.13. The quantitative estimate of drug-likeness (QED) is 0.525. The summed E-state index contributed by atoms with van der Waals surface area (Å²) in [5.74, 6) is -0.955. The number of rotatable bonds is 4. The first-order valence-corrected chi connectivity index (χ1v) is 9.25. The van der Waals surface area contributed by atoms with Gasteiger partial charge >= 0.3 is 6.18 Å². The first kappa shape index (κ1) is 19.3. The summed E-state index contributed by atoms with van der Waals surface area (Å²) < 4.78 is 40.2. The van der Waals surface area contributed by atoms with Gasteiger partial charge in [0.1, 0.15) is 16.6 Å². The van der Waals surface area contributed by atoms with Crippen LogP contribution >= 0.6 is 22.9 Å². The van der Waals surface area contributed by atoms with Gasteiger partial charge in [0, 0.05) is 36.8 Å². The summed E-state index contributed by atoms with van der Waals surface area (Å²) in [5, 5.41) is 9.94. The van der Waals surface area contributed by atoms with Crippen molar-refractivity contribution in [3.63, 3.8) is 0 Å². The van der Waals surface area contributed by atoms with E-state index in [2.05, 4.69) is 20.2 Å². The lowest BCUT2D eigenvalue weighted by atomic mass is 10.2. The van der Waals surface area contributed by atoms with Gasteiger partial charge in [-0.3, -0.25) is 9.48 Å². The molecular weight excluding hydrogens is 431 g/mol. The standard InChI is InChI=1S/C16H11ClF3N7OS/c1-26-5-9(3-23-26)8-2-21-13-10(4-24-27(13)6-8)11-12(17)29-15(25-11)14(28)22-7-16(18,19)20/h2-6H,7H2,1H3,(H,22,28). The van der Waals surface area contributed by atoms with Gasteiger partial charge in [-0.05, 0) is 0 Å². The fraction of sp³-hybridized carbons (Fsp3) is 0.188. The molecule has 0 unspecified atom stereocenters. The molecule has 0 saturated heterocycles. The number of alkyl halides is 3. The number of aryl methyl sites for hydroxylation is 1. The van der Waals surface area contributed by atoms with Crippen molar-refractivity contribution in [3.05, 3.63) is 40.3 Å². The number of thiazole rings is 1. The first-order valence-electron chi connectivity index (χ1n) is 8.05. The van der Waals surface area contributed by atoms with Crippen molar-refractivity contribution < 1.29 is 18.0 Å². The number of nitrogens with one attached hydrogen (secondary N) is 1. The zero-order valence-electron chi connectivity index (χ0n) is 14.6. The van der Waals surface area contributed by atoms with E-state index in [9.17, 15) is 18.0 Å². The fourth-order valence-corrected chi connectivity index (χ4v) is 3.67. The highest BCUT2D eigenvalue weighted by Gasteiger charge is 2.29. The van der Waals surface area contributed by atoms with Gasteiger partial charge in [0.2, 0.25) is 0 Å². The Bertz CT molecular complexity index is 1210. The monoisotopic (exact) mass is 441 g/mol. The Morgan fingerprint density at radius 3 is 2.66 bits per heavy atom. The van der Waals surface area contributed by atoms with E-state index in [1.165, 1.54) is 10.7 Å². The zero-order chi connectivity index (χ0) is 20.8. The molecule has 4 aromatic heterocycles. The summed E-state index contributed by atoms with van der Waals surface area (Å²) in [4.78, 5) is 20.4. The van der Waals surface area contributed by atoms with E-state index < -0.39 is 18.6 Å². The zero-order valence-corrected chi connectivity index (χ0v) is 16.2. The molecule has 0 aromatic carbocycles. The smallest absolute Gasteiger partial charge is 0.341 e. The molecular formula is C16H11ClF3N7OS. The Labute approximate surface area is 170 Å². The molecule has 4 aromatic rings. The van der Waals surface area contributed by atoms with Crippen LogP contribution in [-0.2, 0) is 7.05 Å². The number of hydrogen-bond donors (Lipinski definition) is 1. The highest BCUT2D eigenvalue weighted by Crippen LogP contribution is 2.34. The van der Waals surface area contributed by atoms with Crippen molar-refractivity contribution in [1.29, 1.82) is 0 Å². The van der Waals surface area contributed by atoms with E-state index in [1.54, 1.807) is 35.6 Å². The summed E-state index contributed by atoms with van der Waals surface area (Å²) >= 11 is 6.96. The molecule has 1 N–H and O–H groups in total. The van der Waals surface area contributed by atoms with Crippen molar-refractivity contribution >= 4 is 34.5 Å². The lowest BCUT2D eigenvalue weighted by molar-refractivity contribution is -0.123. The van der Waals surface area contributed by atoms with E-state index in [-0.39, 0.29) is 15.0 Å². The summed E-state index contributed by atoms with van der Waals surface area (Å²) in [5.41, 5.74) is 2.77. The lowest BCUT2D eigenvalue weighted by Gasteiger charge is -2.06. The van der Waals surface area contributed by atoms with Crippen LogP contribution in [0.25, 0.3) is 28.0 Å². The molecule has 0 aliphatic heterocycles. The number of nitrogens with zero attached hydrogens (tertiary/aromatic N) is 6. The van der Waals surface area contributed by atoms with Crippen molar-refractivity contribution in [2.24, 2.45) is 7.05 Å². The average Bonchev–Trinajstić information content (AvgIpc) is 3.36. The van der Waals surface area contributed by atoms with Gasteiger partial charge in [-0.25, -0.2) is 14.5 Å². The Balaban J connectivity index is 1.65. The third-order valence-electron chi connectivity index (χ3n) is 3.88. The van der Waals surface area contributed by atoms with Crippen molar-refractivity contribution in [2.75, 3.05) is 6.54 Å². The molecule has 0 radical (unpaired) electrons. The van der Waals surface area contributed by atoms with E-state index >= 15 is 0 Å². The van der Waals surface area contributed by atoms with Crippen LogP contribution in [-0.4, -0.2) is 48.0 Å². The molecule has 0 fully saturated rings. The van der Waals surface area contributed by atoms with Gasteiger partial charge < -0.3 is 5.32 Å². The fourth-order valence-electron chi connectivity index (χ4n) is 2.58. The molecule has 0 bridgehead atoms. The molecule has 1 amide bonds. The second-order valence-electron chi connectivity index (χ2n) is 6.01. The van der Waals surface area contributed by atoms with Crippen LogP contribution in [0.15, 0.2) is 31.0 Å². The minimum Gasteiger partial charge on any atom is -0.341 e. The van der Waals surface area contributed by atoms with Crippen molar-refractivity contribution in [2.45, 2.75) is 6.18 Å². The molecule has 150 valence electrons. The summed E-state index contributed by atoms with van der Waals surface area (Å²) in [7, 11) is 1.80. The van der Waals surface area contributed by atoms with Crippen LogP contribution in [0.1, 0.15) is 9.80 Å². The van der Waals surface area contributed by atoms with Crippen LogP contribution in [0.2, 0.25) is 4.34 Å². The van der Waals surface area contributed by atoms with Crippen LogP contribution in [0.3, 0.4) is 0 Å². The van der Waals surface area contributed by atoms with Crippen LogP contribution < -0.4 is 5.32 Å². The van der Waals surface area contributed by atoms with Crippen molar-refractivity contribution in [1.82, 2.24) is 34.7 Å². The summed E-state index contributed by atoms with van der Waals surface area (Å²) in [6, 6.07) is 0. The predicted octanol–water partition coefficient (Wildman–Crippen LogP) is 3.20. The van der Waals surface area contributed by atoms with E-state index in [0.717, 1.165) is 22.5 Å². The average molecular weight is 442 g/mol. The normalized spacial score (nSPS) is 11.9. The van der Waals surface area contributed by atoms with Crippen LogP contribution in [0.4, 0.5) is 13.2 Å². The Morgan fingerprint density at radius 1 is 1.21 bits per heavy atom. The minimum atomic E-state index is -4.52. The number of carbonyl (C=O) groups excluding carboxylic acids is 1. The Kier molecular flexibility index (Phi) is 4.74. The van der Waals surface area contributed by atoms with Gasteiger partial charge in [-0.1, -0.05) is 22.9 Å². The van der Waals surface area contributed by atoms with Gasteiger partial charge in [0.05, 0.1) is 18.0 Å². The number of amides is 1. The molecule has 0 aliphatic carbocycles. The second-order valence-corrected chi connectivity index (χ2v) is 7.61. The molecule has 8 nitrogen and oxygen atoms in total. The Hall–Kier alpha value is -2.99. The summed E-state index contributed by atoms with van der Waals surface area (Å²) in [6.07, 6.45) is 3.87. The van der Waals surface area contributed by atoms with Gasteiger partial charge in [0.25, 0.3) is 5.91 Å². The van der Waals surface area contributed by atoms with Gasteiger partial charge in [0.15, 0.2) is 10.7 Å². The molecule has 0 saturated carbocycles. The Morgan fingerprint density at radius 2 is 1.97 bits per heavy atom. The molecule has 29 heavy (non-hydrogen) atoms. The predicted molar refractivity (Wildman–Crippen MR) is 99.7 cm³/mol. The molecule has 13 heteroatoms. The minimum absolute atomic E-state index is 0.148. The van der Waals surface area contributed by atoms with E-state index in [0.29, 0.717) is 11.2 Å². The molecule has 0 spiro atoms. The highest BCUT2D eigenvalue weighted by molar-refractivity contribution is 7.18. The SMILES string of the molecule is Cn1cc(-c2cnc3c(-c4nc(C(=O)NCC(F)(F)F)sc4Cl)cnn3c2)cn1. The maximum Gasteiger partial charge on any atom is 0.405 e. The van der Waals surface area contributed by atoms with E-state index in [1.807, 2.05) is 6.20 Å². The lowest BCUT2D eigenvalue weighted by Crippen LogP contribution is -2.33. The maximum atomic E-state index is 12.3. The highest BCUT2D eigenvalue weighted by atomic mass is 35.5. The number of aromatic nitrogens is 6. The van der Waals surface area contributed by atoms with Gasteiger partial charge in [-0.15, -0.1) is 0 Å². The topological polar surface area (TPSA) is 90.0 Å². The van der Waals surface area contributed by atoms with Gasteiger partial charge in [-0.2, -0.15) is 23.4 Å². The number of halogens is 4.